The van der Waals surface area contributed by atoms with Gasteiger partial charge < -0.3 is 5.32 Å². The topological polar surface area (TPSA) is 12.0 Å². The van der Waals surface area contributed by atoms with Gasteiger partial charge >= 0.3 is 0 Å². The van der Waals surface area contributed by atoms with E-state index in [-0.39, 0.29) is 5.41 Å². The molecule has 1 nitrogen and oxygen atoms in total. The third kappa shape index (κ3) is 3.41. The van der Waals surface area contributed by atoms with E-state index in [9.17, 15) is 0 Å². The SMILES string of the molecule is CC1(C)c2cc(Nc3ccc4ccccc4c3-c3cccc4ccccc34)ccc2-c2cc3ccccc3cc21. The molecule has 40 heavy (non-hydrogen) atoms. The molecule has 1 N–H and O–H groups in total. The summed E-state index contributed by atoms with van der Waals surface area (Å²) < 4.78 is 0. The third-order valence-electron chi connectivity index (χ3n) is 8.81. The van der Waals surface area contributed by atoms with Crippen molar-refractivity contribution in [2.75, 3.05) is 5.32 Å². The highest BCUT2D eigenvalue weighted by atomic mass is 14.9. The average Bonchev–Trinajstić information content (AvgIpc) is 3.21. The van der Waals surface area contributed by atoms with Crippen LogP contribution in [0.2, 0.25) is 0 Å². The van der Waals surface area contributed by atoms with Crippen LogP contribution in [0.4, 0.5) is 11.4 Å². The van der Waals surface area contributed by atoms with Crippen molar-refractivity contribution in [1.82, 2.24) is 0 Å². The molecule has 8 rings (SSSR count). The summed E-state index contributed by atoms with van der Waals surface area (Å²) in [6, 6.07) is 48.8. The molecular formula is C39H29N. The van der Waals surface area contributed by atoms with Crippen molar-refractivity contribution >= 4 is 43.7 Å². The van der Waals surface area contributed by atoms with Gasteiger partial charge in [-0.25, -0.2) is 0 Å². The third-order valence-corrected chi connectivity index (χ3v) is 8.81. The summed E-state index contributed by atoms with van der Waals surface area (Å²) in [5.74, 6) is 0. The lowest BCUT2D eigenvalue weighted by molar-refractivity contribution is 0.661. The second-order valence-corrected chi connectivity index (χ2v) is 11.5. The molecule has 0 fully saturated rings. The Labute approximate surface area is 234 Å². The molecule has 0 aliphatic heterocycles. The zero-order chi connectivity index (χ0) is 26.8. The van der Waals surface area contributed by atoms with E-state index in [1.165, 1.54) is 65.7 Å². The molecule has 0 atom stereocenters. The highest BCUT2D eigenvalue weighted by molar-refractivity contribution is 6.10. The number of rotatable bonds is 3. The molecule has 0 radical (unpaired) electrons. The van der Waals surface area contributed by atoms with Crippen molar-refractivity contribution in [2.24, 2.45) is 0 Å². The Morgan fingerprint density at radius 3 is 1.88 bits per heavy atom. The van der Waals surface area contributed by atoms with E-state index >= 15 is 0 Å². The van der Waals surface area contributed by atoms with Gasteiger partial charge in [0.1, 0.15) is 0 Å². The van der Waals surface area contributed by atoms with E-state index in [2.05, 4.69) is 153 Å². The van der Waals surface area contributed by atoms with Crippen molar-refractivity contribution in [1.29, 1.82) is 0 Å². The predicted octanol–water partition coefficient (Wildman–Crippen LogP) is 10.9. The largest absolute Gasteiger partial charge is 0.355 e. The summed E-state index contributed by atoms with van der Waals surface area (Å²) in [5, 5.41) is 11.5. The Bertz CT molecular complexity index is 2110. The Hall–Kier alpha value is -4.88. The molecule has 0 saturated heterocycles. The van der Waals surface area contributed by atoms with Crippen LogP contribution in [0.1, 0.15) is 25.0 Å². The summed E-state index contributed by atoms with van der Waals surface area (Å²) >= 11 is 0. The Morgan fingerprint density at radius 1 is 0.450 bits per heavy atom. The molecule has 0 amide bonds. The standard InChI is InChI=1S/C39H29N/c1-39(2)35-23-28-13-4-3-12-27(28)22-34(35)32-20-19-29(24-36(32)39)40-37-21-18-26-11-6-8-16-31(26)38(37)33-17-9-14-25-10-5-7-15-30(25)33/h3-24,40H,1-2H3. The van der Waals surface area contributed by atoms with Crippen LogP contribution in [0.5, 0.6) is 0 Å². The molecule has 7 aromatic carbocycles. The van der Waals surface area contributed by atoms with Crippen LogP contribution in [0.3, 0.4) is 0 Å². The number of benzene rings is 7. The van der Waals surface area contributed by atoms with Gasteiger partial charge in [0.05, 0.1) is 0 Å². The number of fused-ring (bicyclic) bond motifs is 6. The lowest BCUT2D eigenvalue weighted by Crippen LogP contribution is -2.15. The molecule has 0 saturated carbocycles. The minimum Gasteiger partial charge on any atom is -0.355 e. The quantitative estimate of drug-likeness (QED) is 0.249. The first-order chi connectivity index (χ1) is 19.6. The molecule has 0 bridgehead atoms. The fraction of sp³-hybridized carbons (Fsp3) is 0.0769. The number of anilines is 2. The van der Waals surface area contributed by atoms with Crippen LogP contribution in [0.25, 0.3) is 54.6 Å². The van der Waals surface area contributed by atoms with Crippen LogP contribution < -0.4 is 5.32 Å². The zero-order valence-electron chi connectivity index (χ0n) is 22.7. The maximum Gasteiger partial charge on any atom is 0.0470 e. The molecule has 190 valence electrons. The first kappa shape index (κ1) is 23.0. The molecule has 0 aromatic heterocycles. The van der Waals surface area contributed by atoms with Gasteiger partial charge in [0.2, 0.25) is 0 Å². The maximum atomic E-state index is 3.85. The molecule has 1 aliphatic rings. The van der Waals surface area contributed by atoms with Crippen LogP contribution in [0.15, 0.2) is 133 Å². The van der Waals surface area contributed by atoms with Gasteiger partial charge in [-0.05, 0) is 90.5 Å². The van der Waals surface area contributed by atoms with Crippen LogP contribution in [-0.4, -0.2) is 0 Å². The number of hydrogen-bond donors (Lipinski definition) is 1. The van der Waals surface area contributed by atoms with Gasteiger partial charge in [-0.3, -0.25) is 0 Å². The maximum absolute atomic E-state index is 3.85. The van der Waals surface area contributed by atoms with Crippen LogP contribution in [0, 0.1) is 0 Å². The summed E-state index contributed by atoms with van der Waals surface area (Å²) in [6.45, 7) is 4.71. The van der Waals surface area contributed by atoms with E-state index in [0.717, 1.165) is 11.4 Å². The van der Waals surface area contributed by atoms with E-state index in [4.69, 9.17) is 0 Å². The molecular weight excluding hydrogens is 482 g/mol. The van der Waals surface area contributed by atoms with E-state index < -0.39 is 0 Å². The number of nitrogens with one attached hydrogen (secondary N) is 1. The fourth-order valence-electron chi connectivity index (χ4n) is 6.76. The second kappa shape index (κ2) is 8.56. The fourth-order valence-corrected chi connectivity index (χ4v) is 6.76. The van der Waals surface area contributed by atoms with Gasteiger partial charge in [0.15, 0.2) is 0 Å². The van der Waals surface area contributed by atoms with Gasteiger partial charge in [-0.2, -0.15) is 0 Å². The van der Waals surface area contributed by atoms with Gasteiger partial charge in [0, 0.05) is 22.4 Å². The average molecular weight is 512 g/mol. The van der Waals surface area contributed by atoms with Crippen LogP contribution >= 0.6 is 0 Å². The van der Waals surface area contributed by atoms with E-state index in [1.807, 2.05) is 0 Å². The first-order valence-electron chi connectivity index (χ1n) is 14.0. The monoisotopic (exact) mass is 511 g/mol. The minimum absolute atomic E-state index is 0.0752. The van der Waals surface area contributed by atoms with Crippen molar-refractivity contribution in [3.05, 3.63) is 145 Å². The van der Waals surface area contributed by atoms with Crippen molar-refractivity contribution in [3.8, 4) is 22.3 Å². The molecule has 1 heteroatoms. The van der Waals surface area contributed by atoms with Crippen LogP contribution in [-0.2, 0) is 5.41 Å². The zero-order valence-corrected chi connectivity index (χ0v) is 22.7. The summed E-state index contributed by atoms with van der Waals surface area (Å²) in [6.07, 6.45) is 0. The Morgan fingerprint density at radius 2 is 1.07 bits per heavy atom. The first-order valence-corrected chi connectivity index (χ1v) is 14.0. The Kier molecular flexibility index (Phi) is 4.93. The molecule has 0 spiro atoms. The predicted molar refractivity (Wildman–Crippen MR) is 172 cm³/mol. The molecule has 1 aliphatic carbocycles. The highest BCUT2D eigenvalue weighted by Gasteiger charge is 2.35. The molecule has 7 aromatic rings. The normalized spacial score (nSPS) is 13.4. The smallest absolute Gasteiger partial charge is 0.0470 e. The Balaban J connectivity index is 1.29. The number of hydrogen-bond acceptors (Lipinski definition) is 1. The van der Waals surface area contributed by atoms with Gasteiger partial charge in [-0.1, -0.05) is 117 Å². The second-order valence-electron chi connectivity index (χ2n) is 11.5. The summed E-state index contributed by atoms with van der Waals surface area (Å²) in [4.78, 5) is 0. The molecule has 0 unspecified atom stereocenters. The van der Waals surface area contributed by atoms with Crippen molar-refractivity contribution < 1.29 is 0 Å². The summed E-state index contributed by atoms with van der Waals surface area (Å²) in [5.41, 5.74) is 10.1. The van der Waals surface area contributed by atoms with Gasteiger partial charge in [0.25, 0.3) is 0 Å². The van der Waals surface area contributed by atoms with Gasteiger partial charge in [-0.15, -0.1) is 0 Å². The lowest BCUT2D eigenvalue weighted by Gasteiger charge is -2.23. The summed E-state index contributed by atoms with van der Waals surface area (Å²) in [7, 11) is 0. The minimum atomic E-state index is -0.0752. The van der Waals surface area contributed by atoms with E-state index in [0.29, 0.717) is 0 Å². The molecule has 0 heterocycles. The van der Waals surface area contributed by atoms with E-state index in [1.54, 1.807) is 0 Å². The lowest BCUT2D eigenvalue weighted by atomic mass is 9.81. The van der Waals surface area contributed by atoms with Crippen molar-refractivity contribution in [2.45, 2.75) is 19.3 Å². The van der Waals surface area contributed by atoms with Crippen molar-refractivity contribution in [3.63, 3.8) is 0 Å². The highest BCUT2D eigenvalue weighted by Crippen LogP contribution is 2.51.